The molecule has 0 aliphatic heterocycles. The summed E-state index contributed by atoms with van der Waals surface area (Å²) in [5.41, 5.74) is 5.91. The van der Waals surface area contributed by atoms with Gasteiger partial charge in [0.2, 0.25) is 5.91 Å². The highest BCUT2D eigenvalue weighted by atomic mass is 32.2. The molecule has 0 bridgehead atoms. The molecule has 0 saturated carbocycles. The molecule has 0 spiro atoms. The normalized spacial score (nSPS) is 11.2. The zero-order valence-corrected chi connectivity index (χ0v) is 10.7. The van der Waals surface area contributed by atoms with Gasteiger partial charge in [0.25, 0.3) is 0 Å². The van der Waals surface area contributed by atoms with Crippen LogP contribution in [0, 0.1) is 0 Å². The summed E-state index contributed by atoms with van der Waals surface area (Å²) in [6.07, 6.45) is -0.0237. The van der Waals surface area contributed by atoms with Crippen molar-refractivity contribution in [3.63, 3.8) is 0 Å². The molecule has 94 valence electrons. The Labute approximate surface area is 101 Å². The lowest BCUT2D eigenvalue weighted by Crippen LogP contribution is -2.24. The van der Waals surface area contributed by atoms with E-state index in [1.165, 1.54) is 17.0 Å². The highest BCUT2D eigenvalue weighted by Crippen LogP contribution is 2.15. The molecule has 6 heteroatoms. The maximum atomic E-state index is 11.9. The third kappa shape index (κ3) is 3.74. The third-order valence-electron chi connectivity index (χ3n) is 2.30. The number of carbonyl (C=O) groups excluding carboxylic acids is 1. The van der Waals surface area contributed by atoms with Crippen molar-refractivity contribution in [1.29, 1.82) is 0 Å². The Hall–Kier alpha value is -1.56. The number of carbonyl (C=O) groups is 1. The predicted octanol–water partition coefficient (Wildman–Crippen LogP) is 0.521. The Bertz CT molecular complexity index is 509. The number of nitrogens with two attached hydrogens (primary N) is 1. The van der Waals surface area contributed by atoms with Gasteiger partial charge in [0, 0.05) is 26.2 Å². The van der Waals surface area contributed by atoms with Crippen LogP contribution in [0.5, 0.6) is 0 Å². The van der Waals surface area contributed by atoms with Crippen molar-refractivity contribution >= 4 is 21.4 Å². The SMILES string of the molecule is CN(C)C(=O)CCS(=O)(=O)c1cccc(N)c1. The van der Waals surface area contributed by atoms with Crippen LogP contribution < -0.4 is 5.73 Å². The van der Waals surface area contributed by atoms with Crippen LogP contribution in [0.3, 0.4) is 0 Å². The molecule has 1 rings (SSSR count). The topological polar surface area (TPSA) is 80.5 Å². The Morgan fingerprint density at radius 1 is 1.35 bits per heavy atom. The fourth-order valence-corrected chi connectivity index (χ4v) is 2.55. The first-order chi connectivity index (χ1) is 7.83. The summed E-state index contributed by atoms with van der Waals surface area (Å²) in [5, 5.41) is 0. The van der Waals surface area contributed by atoms with Crippen LogP contribution in [0.25, 0.3) is 0 Å². The van der Waals surface area contributed by atoms with E-state index in [1.807, 2.05) is 0 Å². The summed E-state index contributed by atoms with van der Waals surface area (Å²) in [4.78, 5) is 12.9. The van der Waals surface area contributed by atoms with Crippen LogP contribution in [0.15, 0.2) is 29.2 Å². The zero-order chi connectivity index (χ0) is 13.1. The van der Waals surface area contributed by atoms with E-state index in [2.05, 4.69) is 0 Å². The molecular weight excluding hydrogens is 240 g/mol. The van der Waals surface area contributed by atoms with Gasteiger partial charge in [-0.05, 0) is 18.2 Å². The lowest BCUT2D eigenvalue weighted by atomic mass is 10.3. The van der Waals surface area contributed by atoms with Gasteiger partial charge in [-0.2, -0.15) is 0 Å². The Balaban J connectivity index is 2.80. The quantitative estimate of drug-likeness (QED) is 0.796. The maximum absolute atomic E-state index is 11.9. The number of rotatable bonds is 4. The first-order valence-electron chi connectivity index (χ1n) is 5.11. The van der Waals surface area contributed by atoms with Gasteiger partial charge < -0.3 is 10.6 Å². The molecule has 0 atom stereocenters. The standard InChI is InChI=1S/C11H16N2O3S/c1-13(2)11(14)6-7-17(15,16)10-5-3-4-9(12)8-10/h3-5,8H,6-7,12H2,1-2H3. The largest absolute Gasteiger partial charge is 0.399 e. The van der Waals surface area contributed by atoms with Crippen LogP contribution in [0.4, 0.5) is 5.69 Å². The first kappa shape index (κ1) is 13.5. The molecule has 5 nitrogen and oxygen atoms in total. The minimum absolute atomic E-state index is 0.0237. The van der Waals surface area contributed by atoms with Crippen molar-refractivity contribution in [2.24, 2.45) is 0 Å². The van der Waals surface area contributed by atoms with Crippen LogP contribution in [0.2, 0.25) is 0 Å². The average Bonchev–Trinajstić information content (AvgIpc) is 2.26. The van der Waals surface area contributed by atoms with Gasteiger partial charge in [-0.15, -0.1) is 0 Å². The predicted molar refractivity (Wildman–Crippen MR) is 66.2 cm³/mol. The van der Waals surface area contributed by atoms with E-state index in [-0.39, 0.29) is 23.0 Å². The Morgan fingerprint density at radius 2 is 2.00 bits per heavy atom. The van der Waals surface area contributed by atoms with Crippen LogP contribution in [0.1, 0.15) is 6.42 Å². The summed E-state index contributed by atoms with van der Waals surface area (Å²) < 4.78 is 23.8. The van der Waals surface area contributed by atoms with Gasteiger partial charge >= 0.3 is 0 Å². The number of amides is 1. The van der Waals surface area contributed by atoms with Gasteiger partial charge in [0.1, 0.15) is 0 Å². The van der Waals surface area contributed by atoms with Crippen molar-refractivity contribution in [1.82, 2.24) is 4.90 Å². The second kappa shape index (κ2) is 5.18. The molecule has 17 heavy (non-hydrogen) atoms. The van der Waals surface area contributed by atoms with Gasteiger partial charge in [-0.1, -0.05) is 6.07 Å². The van der Waals surface area contributed by atoms with E-state index >= 15 is 0 Å². The number of hydrogen-bond acceptors (Lipinski definition) is 4. The molecular formula is C11H16N2O3S. The second-order valence-electron chi connectivity index (χ2n) is 3.93. The van der Waals surface area contributed by atoms with Crippen molar-refractivity contribution in [3.05, 3.63) is 24.3 Å². The number of nitrogens with zero attached hydrogens (tertiary/aromatic N) is 1. The fraction of sp³-hybridized carbons (Fsp3) is 0.364. The molecule has 0 aromatic heterocycles. The molecule has 2 N–H and O–H groups in total. The van der Waals surface area contributed by atoms with Gasteiger partial charge in [0.15, 0.2) is 9.84 Å². The summed E-state index contributed by atoms with van der Waals surface area (Å²) in [6.45, 7) is 0. The summed E-state index contributed by atoms with van der Waals surface area (Å²) in [7, 11) is -0.253. The van der Waals surface area contributed by atoms with Crippen molar-refractivity contribution in [2.75, 3.05) is 25.6 Å². The minimum atomic E-state index is -3.44. The molecule has 0 aliphatic rings. The van der Waals surface area contributed by atoms with Crippen molar-refractivity contribution in [2.45, 2.75) is 11.3 Å². The third-order valence-corrected chi connectivity index (χ3v) is 4.01. The van der Waals surface area contributed by atoms with E-state index in [1.54, 1.807) is 26.2 Å². The summed E-state index contributed by atoms with van der Waals surface area (Å²) >= 11 is 0. The van der Waals surface area contributed by atoms with E-state index in [0.29, 0.717) is 5.69 Å². The van der Waals surface area contributed by atoms with Crippen LogP contribution >= 0.6 is 0 Å². The Kier molecular flexibility index (Phi) is 4.11. The lowest BCUT2D eigenvalue weighted by molar-refractivity contribution is -0.128. The molecule has 1 aromatic carbocycles. The molecule has 0 heterocycles. The number of benzene rings is 1. The Morgan fingerprint density at radius 3 is 2.53 bits per heavy atom. The summed E-state index contributed by atoms with van der Waals surface area (Å²) in [6, 6.07) is 6.07. The van der Waals surface area contributed by atoms with E-state index < -0.39 is 9.84 Å². The van der Waals surface area contributed by atoms with Crippen molar-refractivity contribution in [3.8, 4) is 0 Å². The molecule has 0 fully saturated rings. The maximum Gasteiger partial charge on any atom is 0.223 e. The van der Waals surface area contributed by atoms with E-state index in [4.69, 9.17) is 5.73 Å². The van der Waals surface area contributed by atoms with Crippen LogP contribution in [-0.4, -0.2) is 39.1 Å². The van der Waals surface area contributed by atoms with E-state index in [9.17, 15) is 13.2 Å². The monoisotopic (exact) mass is 256 g/mol. The summed E-state index contributed by atoms with van der Waals surface area (Å²) in [5.74, 6) is -0.412. The zero-order valence-electron chi connectivity index (χ0n) is 9.88. The highest BCUT2D eigenvalue weighted by Gasteiger charge is 2.17. The number of sulfone groups is 1. The molecule has 1 aromatic rings. The van der Waals surface area contributed by atoms with Crippen molar-refractivity contribution < 1.29 is 13.2 Å². The molecule has 0 radical (unpaired) electrons. The molecule has 0 unspecified atom stereocenters. The van der Waals surface area contributed by atoms with E-state index in [0.717, 1.165) is 0 Å². The number of nitrogen functional groups attached to an aromatic ring is 1. The fourth-order valence-electron chi connectivity index (χ4n) is 1.27. The molecule has 0 aliphatic carbocycles. The second-order valence-corrected chi connectivity index (χ2v) is 6.04. The number of anilines is 1. The molecule has 1 amide bonds. The van der Waals surface area contributed by atoms with Gasteiger partial charge in [-0.25, -0.2) is 8.42 Å². The minimum Gasteiger partial charge on any atom is -0.399 e. The average molecular weight is 256 g/mol. The van der Waals surface area contributed by atoms with Gasteiger partial charge in [0.05, 0.1) is 10.6 Å². The van der Waals surface area contributed by atoms with Gasteiger partial charge in [-0.3, -0.25) is 4.79 Å². The first-order valence-corrected chi connectivity index (χ1v) is 6.76. The van der Waals surface area contributed by atoms with Crippen LogP contribution in [-0.2, 0) is 14.6 Å². The smallest absolute Gasteiger partial charge is 0.223 e. The highest BCUT2D eigenvalue weighted by molar-refractivity contribution is 7.91. The molecule has 0 saturated heterocycles. The number of hydrogen-bond donors (Lipinski definition) is 1. The lowest BCUT2D eigenvalue weighted by Gasteiger charge is -2.10.